The van der Waals surface area contributed by atoms with Gasteiger partial charge in [0.05, 0.1) is 18.6 Å². The van der Waals surface area contributed by atoms with E-state index in [-0.39, 0.29) is 18.3 Å². The van der Waals surface area contributed by atoms with Crippen LogP contribution in [0.1, 0.15) is 5.82 Å². The number of amides is 1. The fourth-order valence-corrected chi connectivity index (χ4v) is 4.33. The van der Waals surface area contributed by atoms with Gasteiger partial charge in [-0.25, -0.2) is 0 Å². The Balaban J connectivity index is 1.66. The first-order chi connectivity index (χ1) is 16.6. The van der Waals surface area contributed by atoms with Crippen molar-refractivity contribution in [2.45, 2.75) is 11.8 Å². The second-order valence-electron chi connectivity index (χ2n) is 7.63. The van der Waals surface area contributed by atoms with Gasteiger partial charge in [-0.15, -0.1) is 10.2 Å². The van der Waals surface area contributed by atoms with E-state index >= 15 is 0 Å². The van der Waals surface area contributed by atoms with Crippen LogP contribution in [0.3, 0.4) is 0 Å². The molecular weight excluding hydrogens is 448 g/mol. The normalized spacial score (nSPS) is 10.7. The number of benzene rings is 3. The summed E-state index contributed by atoms with van der Waals surface area (Å²) in [6.45, 7) is 0.192. The second-order valence-corrected chi connectivity index (χ2v) is 8.58. The Morgan fingerprint density at radius 2 is 1.59 bits per heavy atom. The monoisotopic (exact) mass is 474 g/mol. The number of hydrogen-bond donors (Lipinski definition) is 0. The van der Waals surface area contributed by atoms with Crippen LogP contribution in [-0.2, 0) is 11.4 Å². The molecule has 0 spiro atoms. The molecule has 0 N–H and O–H groups in total. The topological polar surface area (TPSA) is 69.5 Å². The molecule has 0 fully saturated rings. The highest BCUT2D eigenvalue weighted by molar-refractivity contribution is 7.99. The van der Waals surface area contributed by atoms with Crippen LogP contribution in [0.25, 0.3) is 16.8 Å². The molecule has 3 aromatic carbocycles. The minimum Gasteiger partial charge on any atom is -0.495 e. The van der Waals surface area contributed by atoms with Crippen LogP contribution in [0.5, 0.6) is 11.5 Å². The van der Waals surface area contributed by atoms with Crippen molar-refractivity contribution >= 4 is 17.7 Å². The Morgan fingerprint density at radius 1 is 0.912 bits per heavy atom. The highest BCUT2D eigenvalue weighted by atomic mass is 32.2. The van der Waals surface area contributed by atoms with Crippen LogP contribution in [0.4, 0.5) is 0 Å². The van der Waals surface area contributed by atoms with Crippen LogP contribution >= 0.6 is 11.8 Å². The minimum atomic E-state index is -0.00540. The molecular formula is C26H26N4O3S. The number of thioether (sulfide) groups is 1. The van der Waals surface area contributed by atoms with Crippen LogP contribution in [0, 0.1) is 0 Å². The predicted molar refractivity (Wildman–Crippen MR) is 134 cm³/mol. The summed E-state index contributed by atoms with van der Waals surface area (Å²) >= 11 is 1.33. The van der Waals surface area contributed by atoms with E-state index in [9.17, 15) is 4.79 Å². The zero-order chi connectivity index (χ0) is 23.9. The summed E-state index contributed by atoms with van der Waals surface area (Å²) in [6, 6.07) is 25.6. The maximum absolute atomic E-state index is 12.2. The Morgan fingerprint density at radius 3 is 2.32 bits per heavy atom. The van der Waals surface area contributed by atoms with Crippen molar-refractivity contribution in [3.8, 4) is 28.3 Å². The summed E-state index contributed by atoms with van der Waals surface area (Å²) in [5.74, 6) is 2.27. The zero-order valence-corrected chi connectivity index (χ0v) is 20.2. The molecule has 7 nitrogen and oxygen atoms in total. The Labute approximate surface area is 203 Å². The molecule has 34 heavy (non-hydrogen) atoms. The van der Waals surface area contributed by atoms with E-state index in [1.807, 2.05) is 71.3 Å². The summed E-state index contributed by atoms with van der Waals surface area (Å²) in [4.78, 5) is 13.7. The van der Waals surface area contributed by atoms with Crippen LogP contribution in [0.2, 0.25) is 0 Å². The molecule has 0 aliphatic rings. The molecule has 174 valence electrons. The Bertz CT molecular complexity index is 1260. The van der Waals surface area contributed by atoms with Gasteiger partial charge < -0.3 is 14.4 Å². The number of aromatic nitrogens is 3. The number of ether oxygens (including phenoxy) is 2. The molecule has 0 atom stereocenters. The maximum Gasteiger partial charge on any atom is 0.232 e. The molecule has 0 saturated carbocycles. The first-order valence-electron chi connectivity index (χ1n) is 10.8. The lowest BCUT2D eigenvalue weighted by atomic mass is 10.1. The van der Waals surface area contributed by atoms with Gasteiger partial charge in [0.15, 0.2) is 11.0 Å². The summed E-state index contributed by atoms with van der Waals surface area (Å²) < 4.78 is 13.7. The van der Waals surface area contributed by atoms with Gasteiger partial charge in [0.1, 0.15) is 18.1 Å². The molecule has 8 heteroatoms. The lowest BCUT2D eigenvalue weighted by Crippen LogP contribution is -2.23. The number of carbonyl (C=O) groups excluding carboxylic acids is 1. The number of rotatable bonds is 9. The fraction of sp³-hybridized carbons (Fsp3) is 0.192. The van der Waals surface area contributed by atoms with Crippen molar-refractivity contribution in [1.29, 1.82) is 0 Å². The van der Waals surface area contributed by atoms with Crippen LogP contribution in [0.15, 0.2) is 84.0 Å². The van der Waals surface area contributed by atoms with Gasteiger partial charge in [-0.3, -0.25) is 9.36 Å². The second kappa shape index (κ2) is 10.9. The van der Waals surface area contributed by atoms with E-state index in [2.05, 4.69) is 22.3 Å². The molecule has 0 bridgehead atoms. The molecule has 1 heterocycles. The van der Waals surface area contributed by atoms with Gasteiger partial charge in [-0.05, 0) is 23.8 Å². The number of carbonyl (C=O) groups is 1. The largest absolute Gasteiger partial charge is 0.495 e. The Kier molecular flexibility index (Phi) is 7.49. The standard InChI is InChI=1S/C26H26N4O3S/c1-29(2)25(31)18-34-26-28-27-24(30(26)21-14-8-10-16-23(21)32-3)17-33-22-15-9-7-13-20(22)19-11-5-4-6-12-19/h4-16H,17-18H2,1-3H3. The van der Waals surface area contributed by atoms with E-state index < -0.39 is 0 Å². The maximum atomic E-state index is 12.2. The highest BCUT2D eigenvalue weighted by Gasteiger charge is 2.20. The third-order valence-electron chi connectivity index (χ3n) is 5.18. The summed E-state index contributed by atoms with van der Waals surface area (Å²) in [5.41, 5.74) is 2.85. The van der Waals surface area contributed by atoms with Crippen molar-refractivity contribution in [1.82, 2.24) is 19.7 Å². The Hall–Kier alpha value is -3.78. The van der Waals surface area contributed by atoms with Crippen molar-refractivity contribution in [3.63, 3.8) is 0 Å². The molecule has 0 saturated heterocycles. The van der Waals surface area contributed by atoms with Crippen LogP contribution < -0.4 is 9.47 Å². The van der Waals surface area contributed by atoms with E-state index in [4.69, 9.17) is 9.47 Å². The van der Waals surface area contributed by atoms with Crippen molar-refractivity contribution in [2.24, 2.45) is 0 Å². The molecule has 4 aromatic rings. The first-order valence-corrected chi connectivity index (χ1v) is 11.7. The fourth-order valence-electron chi connectivity index (χ4n) is 3.39. The zero-order valence-electron chi connectivity index (χ0n) is 19.3. The van der Waals surface area contributed by atoms with E-state index in [0.29, 0.717) is 16.7 Å². The molecule has 0 aliphatic heterocycles. The highest BCUT2D eigenvalue weighted by Crippen LogP contribution is 2.32. The van der Waals surface area contributed by atoms with E-state index in [1.54, 1.807) is 26.1 Å². The smallest absolute Gasteiger partial charge is 0.232 e. The van der Waals surface area contributed by atoms with Gasteiger partial charge in [-0.1, -0.05) is 72.4 Å². The quantitative estimate of drug-likeness (QED) is 0.328. The lowest BCUT2D eigenvalue weighted by Gasteiger charge is -2.15. The molecule has 0 radical (unpaired) electrons. The molecule has 4 rings (SSSR count). The van der Waals surface area contributed by atoms with Crippen molar-refractivity contribution < 1.29 is 14.3 Å². The number of para-hydroxylation sites is 3. The van der Waals surface area contributed by atoms with E-state index in [0.717, 1.165) is 22.6 Å². The predicted octanol–water partition coefficient (Wildman–Crippen LogP) is 4.70. The lowest BCUT2D eigenvalue weighted by molar-refractivity contribution is -0.125. The average molecular weight is 475 g/mol. The molecule has 1 aromatic heterocycles. The SMILES string of the molecule is COc1ccccc1-n1c(COc2ccccc2-c2ccccc2)nnc1SCC(=O)N(C)C. The van der Waals surface area contributed by atoms with Crippen LogP contribution in [-0.4, -0.2) is 52.5 Å². The molecule has 0 unspecified atom stereocenters. The van der Waals surface area contributed by atoms with Crippen molar-refractivity contribution in [3.05, 3.63) is 84.7 Å². The summed E-state index contributed by atoms with van der Waals surface area (Å²) in [7, 11) is 5.09. The number of hydrogen-bond acceptors (Lipinski definition) is 6. The van der Waals surface area contributed by atoms with E-state index in [1.165, 1.54) is 11.8 Å². The van der Waals surface area contributed by atoms with Crippen molar-refractivity contribution in [2.75, 3.05) is 27.0 Å². The molecule has 1 amide bonds. The van der Waals surface area contributed by atoms with Gasteiger partial charge in [-0.2, -0.15) is 0 Å². The summed E-state index contributed by atoms with van der Waals surface area (Å²) in [5, 5.41) is 9.35. The summed E-state index contributed by atoms with van der Waals surface area (Å²) in [6.07, 6.45) is 0. The molecule has 0 aliphatic carbocycles. The number of methoxy groups -OCH3 is 1. The first kappa shape index (κ1) is 23.4. The minimum absolute atomic E-state index is 0.00540. The van der Waals surface area contributed by atoms with Gasteiger partial charge >= 0.3 is 0 Å². The van der Waals surface area contributed by atoms with Gasteiger partial charge in [0.2, 0.25) is 5.91 Å². The third-order valence-corrected chi connectivity index (χ3v) is 6.09. The average Bonchev–Trinajstić information content (AvgIpc) is 3.29. The van der Waals surface area contributed by atoms with Gasteiger partial charge in [0.25, 0.3) is 0 Å². The van der Waals surface area contributed by atoms with Gasteiger partial charge in [0, 0.05) is 19.7 Å². The third kappa shape index (κ3) is 5.23. The number of nitrogens with zero attached hydrogens (tertiary/aromatic N) is 4.